The Labute approximate surface area is 110 Å². The van der Waals surface area contributed by atoms with Gasteiger partial charge in [-0.05, 0) is 20.3 Å². The first-order chi connectivity index (χ1) is 8.49. The van der Waals surface area contributed by atoms with Crippen molar-refractivity contribution in [1.82, 2.24) is 10.3 Å². The summed E-state index contributed by atoms with van der Waals surface area (Å²) in [4.78, 5) is 17.3. The first-order valence-electron chi connectivity index (χ1n) is 5.69. The molecule has 6 nitrogen and oxygen atoms in total. The number of nitrogens with two attached hydrogens (primary N) is 1. The van der Waals surface area contributed by atoms with Crippen LogP contribution >= 0.6 is 11.3 Å². The average molecular weight is 270 g/mol. The second-order valence-electron chi connectivity index (χ2n) is 4.03. The van der Waals surface area contributed by atoms with Crippen molar-refractivity contribution >= 4 is 23.1 Å². The van der Waals surface area contributed by atoms with Crippen LogP contribution in [0.4, 0.5) is 0 Å². The Bertz CT molecular complexity index is 444. The van der Waals surface area contributed by atoms with Gasteiger partial charge in [0.15, 0.2) is 5.84 Å². The summed E-state index contributed by atoms with van der Waals surface area (Å²) < 4.78 is 0. The van der Waals surface area contributed by atoms with E-state index in [1.807, 2.05) is 13.8 Å². The Balaban J connectivity index is 2.69. The number of carbonyl (C=O) groups is 1. The Hall–Kier alpha value is -1.63. The lowest BCUT2D eigenvalue weighted by Gasteiger charge is -2.16. The minimum Gasteiger partial charge on any atom is -0.409 e. The third-order valence-electron chi connectivity index (χ3n) is 2.57. The summed E-state index contributed by atoms with van der Waals surface area (Å²) in [6.07, 6.45) is 2.24. The Morgan fingerprint density at radius 3 is 2.83 bits per heavy atom. The number of carbonyl (C=O) groups excluding carboxylic acids is 1. The van der Waals surface area contributed by atoms with Crippen LogP contribution in [0, 0.1) is 12.8 Å². The number of aromatic nitrogens is 1. The fraction of sp³-hybridized carbons (Fsp3) is 0.545. The number of nitrogens with zero attached hydrogens (tertiary/aromatic N) is 2. The van der Waals surface area contributed by atoms with E-state index in [1.54, 1.807) is 13.1 Å². The van der Waals surface area contributed by atoms with E-state index >= 15 is 0 Å². The maximum atomic E-state index is 12.0. The predicted octanol–water partition coefficient (Wildman–Crippen LogP) is 1.40. The van der Waals surface area contributed by atoms with E-state index in [4.69, 9.17) is 10.9 Å². The number of thiazole rings is 1. The third kappa shape index (κ3) is 3.43. The van der Waals surface area contributed by atoms with Gasteiger partial charge in [-0.3, -0.25) is 4.79 Å². The molecule has 0 fully saturated rings. The second kappa shape index (κ2) is 6.34. The lowest BCUT2D eigenvalue weighted by atomic mass is 10.0. The van der Waals surface area contributed by atoms with Crippen molar-refractivity contribution in [2.45, 2.75) is 33.2 Å². The van der Waals surface area contributed by atoms with Gasteiger partial charge in [-0.15, -0.1) is 11.3 Å². The van der Waals surface area contributed by atoms with Crippen molar-refractivity contribution in [1.29, 1.82) is 0 Å². The third-order valence-corrected chi connectivity index (χ3v) is 3.66. The van der Waals surface area contributed by atoms with Gasteiger partial charge in [0.25, 0.3) is 0 Å². The molecule has 1 aromatic heterocycles. The van der Waals surface area contributed by atoms with Crippen molar-refractivity contribution < 1.29 is 10.0 Å². The fourth-order valence-corrected chi connectivity index (χ4v) is 2.32. The van der Waals surface area contributed by atoms with Gasteiger partial charge >= 0.3 is 0 Å². The lowest BCUT2D eigenvalue weighted by molar-refractivity contribution is -0.123. The first kappa shape index (κ1) is 14.4. The number of nitrogens with one attached hydrogen (secondary N) is 1. The van der Waals surface area contributed by atoms with Crippen LogP contribution in [-0.4, -0.2) is 21.9 Å². The topological polar surface area (TPSA) is 101 Å². The number of amides is 1. The molecular weight excluding hydrogens is 252 g/mol. The summed E-state index contributed by atoms with van der Waals surface area (Å²) in [5, 5.41) is 15.2. The Kier molecular flexibility index (Phi) is 5.08. The van der Waals surface area contributed by atoms with E-state index in [-0.39, 0.29) is 17.8 Å². The molecule has 1 amide bonds. The molecule has 2 unspecified atom stereocenters. The summed E-state index contributed by atoms with van der Waals surface area (Å²) in [6, 6.07) is -0.184. The van der Waals surface area contributed by atoms with Crippen LogP contribution in [0.2, 0.25) is 0 Å². The monoisotopic (exact) mass is 270 g/mol. The van der Waals surface area contributed by atoms with Crippen LogP contribution in [0.1, 0.15) is 36.2 Å². The van der Waals surface area contributed by atoms with E-state index in [2.05, 4.69) is 15.5 Å². The molecule has 0 aliphatic carbocycles. The van der Waals surface area contributed by atoms with Gasteiger partial charge in [0, 0.05) is 11.1 Å². The molecule has 1 aromatic rings. The second-order valence-corrected chi connectivity index (χ2v) is 5.29. The summed E-state index contributed by atoms with van der Waals surface area (Å²) in [7, 11) is 0. The SMILES string of the molecule is CCC(C(=O)NC(C)c1ncc(C)s1)/C(N)=N/O. The van der Waals surface area contributed by atoms with E-state index in [0.29, 0.717) is 6.42 Å². The van der Waals surface area contributed by atoms with Gasteiger partial charge in [0.05, 0.1) is 12.0 Å². The summed E-state index contributed by atoms with van der Waals surface area (Å²) >= 11 is 1.53. The highest BCUT2D eigenvalue weighted by Crippen LogP contribution is 2.19. The Morgan fingerprint density at radius 2 is 2.39 bits per heavy atom. The number of amidine groups is 1. The number of hydrogen-bond acceptors (Lipinski definition) is 5. The zero-order chi connectivity index (χ0) is 13.7. The van der Waals surface area contributed by atoms with Crippen molar-refractivity contribution in [2.75, 3.05) is 0 Å². The van der Waals surface area contributed by atoms with Crippen LogP contribution in [0.3, 0.4) is 0 Å². The van der Waals surface area contributed by atoms with Gasteiger partial charge in [-0.2, -0.15) is 0 Å². The summed E-state index contributed by atoms with van der Waals surface area (Å²) in [6.45, 7) is 5.62. The zero-order valence-corrected chi connectivity index (χ0v) is 11.5. The smallest absolute Gasteiger partial charge is 0.231 e. The molecule has 2 atom stereocenters. The molecular formula is C11H18N4O2S. The maximum absolute atomic E-state index is 12.0. The molecule has 0 aliphatic rings. The molecule has 0 spiro atoms. The van der Waals surface area contributed by atoms with Gasteiger partial charge in [0.1, 0.15) is 5.01 Å². The van der Waals surface area contributed by atoms with Crippen LogP contribution in [0.15, 0.2) is 11.4 Å². The molecule has 7 heteroatoms. The molecule has 4 N–H and O–H groups in total. The molecule has 0 saturated heterocycles. The van der Waals surface area contributed by atoms with Crippen LogP contribution in [-0.2, 0) is 4.79 Å². The summed E-state index contributed by atoms with van der Waals surface area (Å²) in [5.74, 6) is -0.941. The van der Waals surface area contributed by atoms with Gasteiger partial charge in [0.2, 0.25) is 5.91 Å². The minimum absolute atomic E-state index is 0.0717. The van der Waals surface area contributed by atoms with Crippen molar-refractivity contribution in [3.63, 3.8) is 0 Å². The molecule has 18 heavy (non-hydrogen) atoms. The largest absolute Gasteiger partial charge is 0.409 e. The highest BCUT2D eigenvalue weighted by Gasteiger charge is 2.23. The number of aryl methyl sites for hydroxylation is 1. The number of rotatable bonds is 5. The average Bonchev–Trinajstić information content (AvgIpc) is 2.76. The van der Waals surface area contributed by atoms with Crippen LogP contribution < -0.4 is 11.1 Å². The molecule has 1 heterocycles. The lowest BCUT2D eigenvalue weighted by Crippen LogP contribution is -2.39. The fourth-order valence-electron chi connectivity index (χ4n) is 1.55. The van der Waals surface area contributed by atoms with Crippen molar-refractivity contribution in [3.05, 3.63) is 16.1 Å². The molecule has 1 rings (SSSR count). The standard InChI is InChI=1S/C11H18N4O2S/c1-4-8(9(12)15-17)10(16)14-7(3)11-13-5-6(2)18-11/h5,7-8,17H,4H2,1-3H3,(H2,12,15)(H,14,16). The van der Waals surface area contributed by atoms with Crippen LogP contribution in [0.25, 0.3) is 0 Å². The highest BCUT2D eigenvalue weighted by molar-refractivity contribution is 7.11. The molecule has 100 valence electrons. The van der Waals surface area contributed by atoms with Crippen molar-refractivity contribution in [3.8, 4) is 0 Å². The van der Waals surface area contributed by atoms with E-state index in [1.165, 1.54) is 11.3 Å². The maximum Gasteiger partial charge on any atom is 0.231 e. The summed E-state index contributed by atoms with van der Waals surface area (Å²) in [5.41, 5.74) is 5.47. The Morgan fingerprint density at radius 1 is 1.72 bits per heavy atom. The molecule has 0 radical (unpaired) electrons. The van der Waals surface area contributed by atoms with E-state index in [0.717, 1.165) is 9.88 Å². The van der Waals surface area contributed by atoms with E-state index < -0.39 is 5.92 Å². The molecule has 0 aromatic carbocycles. The quantitative estimate of drug-likeness (QED) is 0.326. The van der Waals surface area contributed by atoms with Gasteiger partial charge in [-0.25, -0.2) is 4.98 Å². The zero-order valence-electron chi connectivity index (χ0n) is 10.7. The highest BCUT2D eigenvalue weighted by atomic mass is 32.1. The number of hydrogen-bond donors (Lipinski definition) is 3. The predicted molar refractivity (Wildman–Crippen MR) is 70.6 cm³/mol. The first-order valence-corrected chi connectivity index (χ1v) is 6.51. The van der Waals surface area contributed by atoms with Crippen LogP contribution in [0.5, 0.6) is 0 Å². The molecule has 0 aliphatic heterocycles. The van der Waals surface area contributed by atoms with E-state index in [9.17, 15) is 4.79 Å². The van der Waals surface area contributed by atoms with Crippen molar-refractivity contribution in [2.24, 2.45) is 16.8 Å². The molecule has 0 bridgehead atoms. The van der Waals surface area contributed by atoms with Gasteiger partial charge in [-0.1, -0.05) is 12.1 Å². The molecule has 0 saturated carbocycles. The minimum atomic E-state index is -0.612. The normalized spacial score (nSPS) is 15.2. The van der Waals surface area contributed by atoms with Gasteiger partial charge < -0.3 is 16.3 Å². The number of oxime groups is 1.